The lowest BCUT2D eigenvalue weighted by molar-refractivity contribution is -0.104. The minimum absolute atomic E-state index is 0.0710. The molecule has 0 saturated carbocycles. The van der Waals surface area contributed by atoms with E-state index in [1.54, 1.807) is 6.92 Å². The topological polar surface area (TPSA) is 17.1 Å². The molecule has 0 N–H and O–H groups in total. The number of hydrogen-bond acceptors (Lipinski definition) is 1. The summed E-state index contributed by atoms with van der Waals surface area (Å²) in [5.41, 5.74) is 0. The zero-order valence-electron chi connectivity index (χ0n) is 3.74. The van der Waals surface area contributed by atoms with E-state index < -0.39 is 0 Å². The van der Waals surface area contributed by atoms with Gasteiger partial charge in [0.15, 0.2) is 6.29 Å². The molecule has 7 heavy (non-hydrogen) atoms. The first kappa shape index (κ1) is 6.99. The smallest absolute Gasteiger partial charge is 0.162 e. The highest BCUT2D eigenvalue weighted by atomic mass is 35.5. The predicted molar refractivity (Wildman–Crippen MR) is 30.5 cm³/mol. The highest BCUT2D eigenvalue weighted by molar-refractivity contribution is 6.45. The number of rotatable bonds is 1. The molecule has 0 rings (SSSR count). The van der Waals surface area contributed by atoms with E-state index in [-0.39, 0.29) is 5.03 Å². The molecule has 0 saturated heterocycles. The molecule has 0 atom stereocenters. The highest BCUT2D eigenvalue weighted by Gasteiger charge is 1.89. The van der Waals surface area contributed by atoms with Gasteiger partial charge in [-0.3, -0.25) is 4.79 Å². The van der Waals surface area contributed by atoms with E-state index in [1.165, 1.54) is 0 Å². The van der Waals surface area contributed by atoms with Crippen molar-refractivity contribution in [2.75, 3.05) is 0 Å². The van der Waals surface area contributed by atoms with Crippen LogP contribution in [0.3, 0.4) is 0 Å². The van der Waals surface area contributed by atoms with E-state index in [9.17, 15) is 4.79 Å². The van der Waals surface area contributed by atoms with E-state index in [2.05, 4.69) is 0 Å². The first-order valence-corrected chi connectivity index (χ1v) is 2.41. The lowest BCUT2D eigenvalue weighted by atomic mass is 10.6. The second-order valence-electron chi connectivity index (χ2n) is 0.999. The van der Waals surface area contributed by atoms with Crippen molar-refractivity contribution in [1.82, 2.24) is 0 Å². The standard InChI is InChI=1S/C4H4Cl2O/c1-3(5)4(6)2-7/h2H,1H3/b4-3+. The number of halogens is 2. The summed E-state index contributed by atoms with van der Waals surface area (Å²) in [5, 5.41) is 0.401. The van der Waals surface area contributed by atoms with Gasteiger partial charge in [-0.15, -0.1) is 0 Å². The van der Waals surface area contributed by atoms with Gasteiger partial charge in [-0.05, 0) is 6.92 Å². The molecule has 0 aromatic heterocycles. The minimum Gasteiger partial charge on any atom is -0.297 e. The lowest BCUT2D eigenvalue weighted by Gasteiger charge is -1.81. The van der Waals surface area contributed by atoms with Crippen LogP contribution in [0.25, 0.3) is 0 Å². The Morgan fingerprint density at radius 2 is 2.00 bits per heavy atom. The van der Waals surface area contributed by atoms with Crippen LogP contribution in [0.5, 0.6) is 0 Å². The van der Waals surface area contributed by atoms with Crippen LogP contribution in [-0.4, -0.2) is 6.29 Å². The highest BCUT2D eigenvalue weighted by Crippen LogP contribution is 2.08. The largest absolute Gasteiger partial charge is 0.297 e. The summed E-state index contributed by atoms with van der Waals surface area (Å²) in [4.78, 5) is 9.67. The fourth-order valence-corrected chi connectivity index (χ4v) is 0.126. The third kappa shape index (κ3) is 2.66. The molecule has 0 unspecified atom stereocenters. The average molecular weight is 139 g/mol. The van der Waals surface area contributed by atoms with Gasteiger partial charge in [0.1, 0.15) is 0 Å². The normalized spacial score (nSPS) is 13.0. The van der Waals surface area contributed by atoms with Gasteiger partial charge < -0.3 is 0 Å². The third-order valence-corrected chi connectivity index (χ3v) is 1.11. The zero-order valence-corrected chi connectivity index (χ0v) is 5.25. The van der Waals surface area contributed by atoms with Gasteiger partial charge in [0, 0.05) is 5.03 Å². The Bertz CT molecular complexity index is 102. The molecule has 0 amide bonds. The molecular formula is C4H4Cl2O. The third-order valence-electron chi connectivity index (χ3n) is 0.433. The van der Waals surface area contributed by atoms with E-state index in [0.717, 1.165) is 0 Å². The zero-order chi connectivity index (χ0) is 5.86. The van der Waals surface area contributed by atoms with Crippen LogP contribution in [0.15, 0.2) is 10.1 Å². The molecular weight excluding hydrogens is 135 g/mol. The molecule has 0 spiro atoms. The van der Waals surface area contributed by atoms with Gasteiger partial charge in [-0.25, -0.2) is 0 Å². The van der Waals surface area contributed by atoms with E-state index >= 15 is 0 Å². The predicted octanol–water partition coefficient (Wildman–Crippen LogP) is 1.89. The molecule has 0 aromatic carbocycles. The summed E-state index contributed by atoms with van der Waals surface area (Å²) >= 11 is 10.4. The summed E-state index contributed by atoms with van der Waals surface area (Å²) in [5.74, 6) is 0. The van der Waals surface area contributed by atoms with Crippen LogP contribution in [-0.2, 0) is 4.79 Å². The summed E-state index contributed by atoms with van der Waals surface area (Å²) < 4.78 is 0. The van der Waals surface area contributed by atoms with Crippen LogP contribution in [0.1, 0.15) is 6.92 Å². The quantitative estimate of drug-likeness (QED) is 0.400. The fourth-order valence-electron chi connectivity index (χ4n) is 0.0812. The molecule has 0 aliphatic heterocycles. The Hall–Kier alpha value is -0.0100. The maximum Gasteiger partial charge on any atom is 0.162 e. The number of carbonyl (C=O) groups excluding carboxylic acids is 1. The van der Waals surface area contributed by atoms with Gasteiger partial charge in [0.05, 0.1) is 5.03 Å². The van der Waals surface area contributed by atoms with Gasteiger partial charge in [-0.1, -0.05) is 23.2 Å². The summed E-state index contributed by atoms with van der Waals surface area (Å²) in [6.45, 7) is 1.55. The Labute approximate surface area is 51.9 Å². The van der Waals surface area contributed by atoms with Crippen molar-refractivity contribution in [2.24, 2.45) is 0 Å². The molecule has 0 radical (unpaired) electrons. The molecule has 3 heteroatoms. The minimum atomic E-state index is 0.0710. The SMILES string of the molecule is C/C(Cl)=C(\Cl)C=O. The average Bonchev–Trinajstić information content (AvgIpc) is 1.65. The second kappa shape index (κ2) is 3.05. The van der Waals surface area contributed by atoms with Crippen molar-refractivity contribution < 1.29 is 4.79 Å². The summed E-state index contributed by atoms with van der Waals surface area (Å²) in [7, 11) is 0. The van der Waals surface area contributed by atoms with Crippen molar-refractivity contribution in [3.05, 3.63) is 10.1 Å². The van der Waals surface area contributed by atoms with E-state index in [0.29, 0.717) is 11.3 Å². The van der Waals surface area contributed by atoms with Gasteiger partial charge >= 0.3 is 0 Å². The van der Waals surface area contributed by atoms with Gasteiger partial charge in [0.25, 0.3) is 0 Å². The van der Waals surface area contributed by atoms with Crippen molar-refractivity contribution >= 4 is 29.5 Å². The van der Waals surface area contributed by atoms with Crippen molar-refractivity contribution in [2.45, 2.75) is 6.92 Å². The van der Waals surface area contributed by atoms with Crippen molar-refractivity contribution in [1.29, 1.82) is 0 Å². The molecule has 0 aliphatic rings. The Morgan fingerprint density at radius 1 is 1.57 bits per heavy atom. The number of aldehydes is 1. The number of allylic oxidation sites excluding steroid dienone is 2. The van der Waals surface area contributed by atoms with Gasteiger partial charge in [0.2, 0.25) is 0 Å². The first-order valence-electron chi connectivity index (χ1n) is 1.65. The van der Waals surface area contributed by atoms with E-state index in [4.69, 9.17) is 23.2 Å². The molecule has 40 valence electrons. The number of carbonyl (C=O) groups is 1. The van der Waals surface area contributed by atoms with Crippen LogP contribution in [0.4, 0.5) is 0 Å². The number of hydrogen-bond donors (Lipinski definition) is 0. The van der Waals surface area contributed by atoms with Crippen LogP contribution < -0.4 is 0 Å². The van der Waals surface area contributed by atoms with E-state index in [1.807, 2.05) is 0 Å². The fraction of sp³-hybridized carbons (Fsp3) is 0.250. The lowest BCUT2D eigenvalue weighted by Crippen LogP contribution is -1.71. The molecule has 0 fully saturated rings. The maximum atomic E-state index is 9.67. The Kier molecular flexibility index (Phi) is 3.05. The molecule has 0 aliphatic carbocycles. The summed E-state index contributed by atoms with van der Waals surface area (Å²) in [6.07, 6.45) is 0.504. The van der Waals surface area contributed by atoms with Crippen molar-refractivity contribution in [3.8, 4) is 0 Å². The van der Waals surface area contributed by atoms with Crippen LogP contribution >= 0.6 is 23.2 Å². The Morgan fingerprint density at radius 3 is 2.00 bits per heavy atom. The first-order chi connectivity index (χ1) is 3.18. The van der Waals surface area contributed by atoms with Crippen molar-refractivity contribution in [3.63, 3.8) is 0 Å². The molecule has 0 aromatic rings. The van der Waals surface area contributed by atoms with Crippen LogP contribution in [0, 0.1) is 0 Å². The Balaban J connectivity index is 3.98. The summed E-state index contributed by atoms with van der Waals surface area (Å²) in [6, 6.07) is 0. The maximum absolute atomic E-state index is 9.67. The second-order valence-corrected chi connectivity index (χ2v) is 1.97. The molecule has 1 nitrogen and oxygen atoms in total. The molecule has 0 bridgehead atoms. The monoisotopic (exact) mass is 138 g/mol. The molecule has 0 heterocycles. The van der Waals surface area contributed by atoms with Gasteiger partial charge in [-0.2, -0.15) is 0 Å². The van der Waals surface area contributed by atoms with Crippen LogP contribution in [0.2, 0.25) is 0 Å².